The summed E-state index contributed by atoms with van der Waals surface area (Å²) in [4.78, 5) is 2.83. The number of nitrogens with zero attached hydrogens (tertiary/aromatic N) is 1. The van der Waals surface area contributed by atoms with Crippen molar-refractivity contribution in [3.8, 4) is 0 Å². The molecule has 1 N–H and O–H groups in total. The standard InChI is InChI=1S/C18H36N2/c1-5-6-7-8-9-12-20-14-17(18(2,3)4)19-13-16(20)15-10-11-15/h15-17,19H,5-14H2,1-4H3. The number of rotatable bonds is 7. The average Bonchev–Trinajstić information content (AvgIpc) is 3.21. The first-order valence-electron chi connectivity index (χ1n) is 8.99. The molecule has 1 saturated heterocycles. The number of hydrogen-bond acceptors (Lipinski definition) is 2. The first-order chi connectivity index (χ1) is 9.52. The highest BCUT2D eigenvalue weighted by molar-refractivity contribution is 4.97. The normalized spacial score (nSPS) is 28.8. The molecular weight excluding hydrogens is 244 g/mol. The van der Waals surface area contributed by atoms with Gasteiger partial charge in [0.15, 0.2) is 0 Å². The smallest absolute Gasteiger partial charge is 0.0249 e. The van der Waals surface area contributed by atoms with Crippen molar-refractivity contribution in [2.75, 3.05) is 19.6 Å². The number of hydrogen-bond donors (Lipinski definition) is 1. The molecule has 2 nitrogen and oxygen atoms in total. The predicted molar refractivity (Wildman–Crippen MR) is 88.1 cm³/mol. The fraction of sp³-hybridized carbons (Fsp3) is 1.00. The quantitative estimate of drug-likeness (QED) is 0.708. The van der Waals surface area contributed by atoms with Gasteiger partial charge in [0.25, 0.3) is 0 Å². The fourth-order valence-corrected chi connectivity index (χ4v) is 3.53. The van der Waals surface area contributed by atoms with Crippen molar-refractivity contribution < 1.29 is 0 Å². The molecule has 0 aromatic heterocycles. The van der Waals surface area contributed by atoms with Crippen LogP contribution in [0, 0.1) is 11.3 Å². The molecule has 2 fully saturated rings. The van der Waals surface area contributed by atoms with Crippen molar-refractivity contribution >= 4 is 0 Å². The number of nitrogens with one attached hydrogen (secondary N) is 1. The van der Waals surface area contributed by atoms with Crippen LogP contribution in [-0.4, -0.2) is 36.6 Å². The Bertz CT molecular complexity index is 278. The van der Waals surface area contributed by atoms with E-state index in [1.807, 2.05) is 0 Å². The lowest BCUT2D eigenvalue weighted by atomic mass is 9.84. The molecule has 2 heteroatoms. The topological polar surface area (TPSA) is 15.3 Å². The van der Waals surface area contributed by atoms with Crippen LogP contribution in [0.5, 0.6) is 0 Å². The highest BCUT2D eigenvalue weighted by Crippen LogP contribution is 2.37. The van der Waals surface area contributed by atoms with Crippen molar-refractivity contribution in [1.29, 1.82) is 0 Å². The second-order valence-electron chi connectivity index (χ2n) is 8.14. The highest BCUT2D eigenvalue weighted by atomic mass is 15.2. The van der Waals surface area contributed by atoms with Gasteiger partial charge in [0, 0.05) is 25.2 Å². The minimum absolute atomic E-state index is 0.384. The molecule has 1 heterocycles. The molecule has 0 radical (unpaired) electrons. The molecule has 2 unspecified atom stereocenters. The molecule has 2 rings (SSSR count). The van der Waals surface area contributed by atoms with Crippen molar-refractivity contribution in [3.63, 3.8) is 0 Å². The summed E-state index contributed by atoms with van der Waals surface area (Å²) in [5.41, 5.74) is 0.384. The number of piperazine rings is 1. The van der Waals surface area contributed by atoms with Crippen molar-refractivity contribution in [1.82, 2.24) is 10.2 Å². The molecule has 0 amide bonds. The van der Waals surface area contributed by atoms with Crippen LogP contribution >= 0.6 is 0 Å². The fourth-order valence-electron chi connectivity index (χ4n) is 3.53. The van der Waals surface area contributed by atoms with Gasteiger partial charge in [-0.3, -0.25) is 4.90 Å². The monoisotopic (exact) mass is 280 g/mol. The summed E-state index contributed by atoms with van der Waals surface area (Å²) in [6.45, 7) is 13.2. The van der Waals surface area contributed by atoms with E-state index in [1.54, 1.807) is 0 Å². The van der Waals surface area contributed by atoms with E-state index >= 15 is 0 Å². The zero-order valence-corrected chi connectivity index (χ0v) is 14.3. The summed E-state index contributed by atoms with van der Waals surface area (Å²) >= 11 is 0. The molecule has 1 saturated carbocycles. The van der Waals surface area contributed by atoms with Crippen LogP contribution in [0.4, 0.5) is 0 Å². The average molecular weight is 281 g/mol. The van der Waals surface area contributed by atoms with Crippen LogP contribution in [-0.2, 0) is 0 Å². The van der Waals surface area contributed by atoms with E-state index in [2.05, 4.69) is 37.9 Å². The van der Waals surface area contributed by atoms with E-state index < -0.39 is 0 Å². The van der Waals surface area contributed by atoms with Gasteiger partial charge in [-0.25, -0.2) is 0 Å². The summed E-state index contributed by atoms with van der Waals surface area (Å²) in [5.74, 6) is 0.999. The summed E-state index contributed by atoms with van der Waals surface area (Å²) in [6, 6.07) is 1.49. The number of unbranched alkanes of at least 4 members (excludes halogenated alkanes) is 4. The summed E-state index contributed by atoms with van der Waals surface area (Å²) < 4.78 is 0. The van der Waals surface area contributed by atoms with Crippen LogP contribution in [0.25, 0.3) is 0 Å². The van der Waals surface area contributed by atoms with Crippen molar-refractivity contribution in [3.05, 3.63) is 0 Å². The van der Waals surface area contributed by atoms with E-state index in [0.29, 0.717) is 11.5 Å². The Morgan fingerprint density at radius 2 is 1.75 bits per heavy atom. The minimum Gasteiger partial charge on any atom is -0.311 e. The van der Waals surface area contributed by atoms with Gasteiger partial charge in [-0.15, -0.1) is 0 Å². The SMILES string of the molecule is CCCCCCCN1CC(C(C)(C)C)NCC1C1CC1. The third-order valence-corrected chi connectivity index (χ3v) is 5.22. The van der Waals surface area contributed by atoms with Gasteiger partial charge < -0.3 is 5.32 Å². The maximum atomic E-state index is 3.83. The molecule has 0 aromatic carbocycles. The molecule has 0 bridgehead atoms. The largest absolute Gasteiger partial charge is 0.311 e. The van der Waals surface area contributed by atoms with Crippen molar-refractivity contribution in [2.24, 2.45) is 11.3 Å². The van der Waals surface area contributed by atoms with Gasteiger partial charge in [-0.1, -0.05) is 53.4 Å². The Hall–Kier alpha value is -0.0800. The molecule has 2 aliphatic rings. The third-order valence-electron chi connectivity index (χ3n) is 5.22. The van der Waals surface area contributed by atoms with Gasteiger partial charge in [0.05, 0.1) is 0 Å². The van der Waals surface area contributed by atoms with Gasteiger partial charge >= 0.3 is 0 Å². The predicted octanol–water partition coefficient (Wildman–Crippen LogP) is 4.06. The van der Waals surface area contributed by atoms with Gasteiger partial charge in [-0.05, 0) is 37.1 Å². The second-order valence-corrected chi connectivity index (χ2v) is 8.14. The van der Waals surface area contributed by atoms with Crippen molar-refractivity contribution in [2.45, 2.75) is 84.7 Å². The van der Waals surface area contributed by atoms with Crippen LogP contribution in [0.1, 0.15) is 72.6 Å². The lowest BCUT2D eigenvalue weighted by Gasteiger charge is -2.45. The van der Waals surface area contributed by atoms with E-state index in [0.717, 1.165) is 12.0 Å². The molecule has 0 aromatic rings. The summed E-state index contributed by atoms with van der Waals surface area (Å²) in [5, 5.41) is 3.83. The van der Waals surface area contributed by atoms with Gasteiger partial charge in [-0.2, -0.15) is 0 Å². The summed E-state index contributed by atoms with van der Waals surface area (Å²) in [6.07, 6.45) is 9.97. The molecule has 118 valence electrons. The van der Waals surface area contributed by atoms with Crippen LogP contribution in [0.3, 0.4) is 0 Å². The Balaban J connectivity index is 1.80. The molecule has 1 aliphatic heterocycles. The molecular formula is C18H36N2. The second kappa shape index (κ2) is 7.26. The molecule has 0 spiro atoms. The first-order valence-corrected chi connectivity index (χ1v) is 8.99. The Kier molecular flexibility index (Phi) is 5.92. The van der Waals surface area contributed by atoms with Gasteiger partial charge in [0.2, 0.25) is 0 Å². The summed E-state index contributed by atoms with van der Waals surface area (Å²) in [7, 11) is 0. The lowest BCUT2D eigenvalue weighted by Crippen LogP contribution is -2.61. The Labute approximate surface area is 126 Å². The highest BCUT2D eigenvalue weighted by Gasteiger charge is 2.40. The third kappa shape index (κ3) is 4.73. The Morgan fingerprint density at radius 1 is 1.05 bits per heavy atom. The zero-order valence-electron chi connectivity index (χ0n) is 14.3. The molecule has 20 heavy (non-hydrogen) atoms. The molecule has 2 atom stereocenters. The van der Waals surface area contributed by atoms with Crippen LogP contribution < -0.4 is 5.32 Å². The molecule has 1 aliphatic carbocycles. The zero-order chi connectivity index (χ0) is 14.6. The lowest BCUT2D eigenvalue weighted by molar-refractivity contribution is 0.0734. The van der Waals surface area contributed by atoms with Gasteiger partial charge in [0.1, 0.15) is 0 Å². The maximum Gasteiger partial charge on any atom is 0.0249 e. The maximum absolute atomic E-state index is 3.83. The van der Waals surface area contributed by atoms with Crippen LogP contribution in [0.15, 0.2) is 0 Å². The van der Waals surface area contributed by atoms with E-state index in [4.69, 9.17) is 0 Å². The van der Waals surface area contributed by atoms with Crippen LogP contribution in [0.2, 0.25) is 0 Å². The minimum atomic E-state index is 0.384. The Morgan fingerprint density at radius 3 is 2.35 bits per heavy atom. The van der Waals surface area contributed by atoms with E-state index in [1.165, 1.54) is 64.6 Å². The van der Waals surface area contributed by atoms with E-state index in [9.17, 15) is 0 Å². The first kappa shape index (κ1) is 16.3. The van der Waals surface area contributed by atoms with E-state index in [-0.39, 0.29) is 0 Å².